The fourth-order valence-corrected chi connectivity index (χ4v) is 4.22. The number of carbonyl (C=O) groups is 2. The lowest BCUT2D eigenvalue weighted by molar-refractivity contribution is -0.131. The van der Waals surface area contributed by atoms with Crippen molar-refractivity contribution in [3.63, 3.8) is 0 Å². The van der Waals surface area contributed by atoms with Crippen molar-refractivity contribution >= 4 is 39.4 Å². The number of sulfonamides is 1. The predicted molar refractivity (Wildman–Crippen MR) is 124 cm³/mol. The van der Waals surface area contributed by atoms with Crippen LogP contribution < -0.4 is 19.5 Å². The highest BCUT2D eigenvalue weighted by Gasteiger charge is 2.25. The number of aliphatic carboxylic acids is 1. The molecule has 2 aromatic rings. The van der Waals surface area contributed by atoms with Gasteiger partial charge < -0.3 is 24.6 Å². The number of carbonyl (C=O) groups excluding carboxylic acids is 1. The number of hydrogen-bond donors (Lipinski definition) is 3. The largest absolute Gasteiger partial charge is 0.493 e. The molecule has 0 spiro atoms. The lowest BCUT2D eigenvalue weighted by atomic mass is 10.1. The highest BCUT2D eigenvalue weighted by Crippen LogP contribution is 2.37. The first-order chi connectivity index (χ1) is 15.7. The van der Waals surface area contributed by atoms with Gasteiger partial charge in [0.05, 0.1) is 37.8 Å². The van der Waals surface area contributed by atoms with E-state index >= 15 is 0 Å². The van der Waals surface area contributed by atoms with Gasteiger partial charge in [-0.15, -0.1) is 0 Å². The molecule has 178 valence electrons. The summed E-state index contributed by atoms with van der Waals surface area (Å²) >= 11 is 0. The molecule has 11 heteroatoms. The van der Waals surface area contributed by atoms with E-state index in [1.807, 2.05) is 6.92 Å². The number of nitrogens with one attached hydrogen (secondary N) is 2. The van der Waals surface area contributed by atoms with Gasteiger partial charge in [-0.3, -0.25) is 4.72 Å². The number of hydrogen-bond acceptors (Lipinski definition) is 8. The van der Waals surface area contributed by atoms with E-state index < -0.39 is 22.0 Å². The van der Waals surface area contributed by atoms with Gasteiger partial charge in [0.15, 0.2) is 11.5 Å². The van der Waals surface area contributed by atoms with E-state index in [1.165, 1.54) is 44.6 Å². The molecule has 0 aliphatic heterocycles. The molecule has 0 heterocycles. The molecule has 0 radical (unpaired) electrons. The Kier molecular flexibility index (Phi) is 8.69. The van der Waals surface area contributed by atoms with Crippen LogP contribution in [0.1, 0.15) is 29.8 Å². The highest BCUT2D eigenvalue weighted by atomic mass is 32.2. The van der Waals surface area contributed by atoms with Gasteiger partial charge in [0.2, 0.25) is 0 Å². The molecule has 0 unspecified atom stereocenters. The van der Waals surface area contributed by atoms with E-state index in [0.29, 0.717) is 12.2 Å². The van der Waals surface area contributed by atoms with Crippen LogP contribution in [-0.2, 0) is 19.6 Å². The van der Waals surface area contributed by atoms with Crippen LogP contribution >= 0.6 is 0 Å². The quantitative estimate of drug-likeness (QED) is 0.328. The van der Waals surface area contributed by atoms with Crippen molar-refractivity contribution in [1.82, 2.24) is 0 Å². The van der Waals surface area contributed by atoms with Crippen LogP contribution in [0.3, 0.4) is 0 Å². The van der Waals surface area contributed by atoms with Crippen molar-refractivity contribution in [1.29, 1.82) is 0 Å². The summed E-state index contributed by atoms with van der Waals surface area (Å²) in [6.45, 7) is 4.17. The van der Waals surface area contributed by atoms with Gasteiger partial charge in [-0.25, -0.2) is 18.0 Å². The summed E-state index contributed by atoms with van der Waals surface area (Å²) < 4.78 is 44.7. The number of esters is 1. The number of ether oxygens (including phenoxy) is 3. The summed E-state index contributed by atoms with van der Waals surface area (Å²) in [4.78, 5) is 22.8. The Morgan fingerprint density at radius 2 is 1.79 bits per heavy atom. The molecule has 0 bridgehead atoms. The van der Waals surface area contributed by atoms with Crippen LogP contribution in [0.5, 0.6) is 11.5 Å². The van der Waals surface area contributed by atoms with Gasteiger partial charge in [-0.1, -0.05) is 0 Å². The molecule has 0 aliphatic carbocycles. The Bertz CT molecular complexity index is 1160. The van der Waals surface area contributed by atoms with E-state index in [2.05, 4.69) is 10.0 Å². The second kappa shape index (κ2) is 11.2. The molecule has 0 saturated heterocycles. The minimum atomic E-state index is -4.27. The second-order valence-corrected chi connectivity index (χ2v) is 8.19. The summed E-state index contributed by atoms with van der Waals surface area (Å²) in [6.07, 6.45) is 2.10. The molecule has 10 nitrogen and oxygen atoms in total. The Balaban J connectivity index is 2.62. The maximum absolute atomic E-state index is 13.4. The van der Waals surface area contributed by atoms with Crippen molar-refractivity contribution in [2.24, 2.45) is 0 Å². The first-order valence-electron chi connectivity index (χ1n) is 9.91. The van der Waals surface area contributed by atoms with Gasteiger partial charge in [0.25, 0.3) is 10.0 Å². The number of benzene rings is 2. The van der Waals surface area contributed by atoms with Crippen LogP contribution in [0.25, 0.3) is 6.08 Å². The zero-order valence-corrected chi connectivity index (χ0v) is 19.5. The zero-order valence-electron chi connectivity index (χ0n) is 18.7. The predicted octanol–water partition coefficient (Wildman–Crippen LogP) is 3.21. The molecular weight excluding hydrogens is 452 g/mol. The van der Waals surface area contributed by atoms with Crippen LogP contribution in [0.15, 0.2) is 41.3 Å². The number of carboxylic acid groups (broad SMARTS) is 1. The second-order valence-electron chi connectivity index (χ2n) is 6.54. The Labute approximate surface area is 192 Å². The minimum Gasteiger partial charge on any atom is -0.493 e. The SMILES string of the molecule is CCNc1ccc(C(=O)OCC)cc1NS(=O)(=O)c1cc(C=CC(=O)O)cc(OC)c1OC. The molecular formula is C22H26N2O8S. The molecule has 0 atom stereocenters. The van der Waals surface area contributed by atoms with Crippen molar-refractivity contribution in [3.8, 4) is 11.5 Å². The molecule has 33 heavy (non-hydrogen) atoms. The highest BCUT2D eigenvalue weighted by molar-refractivity contribution is 7.92. The van der Waals surface area contributed by atoms with Crippen molar-refractivity contribution < 1.29 is 37.3 Å². The van der Waals surface area contributed by atoms with Crippen LogP contribution in [0, 0.1) is 0 Å². The monoisotopic (exact) mass is 478 g/mol. The standard InChI is InChI=1S/C22H26N2O8S/c1-5-23-16-9-8-15(22(27)32-6-2)13-17(16)24-33(28,29)19-12-14(7-10-20(25)26)11-18(30-3)21(19)31-4/h7-13,23-24H,5-6H2,1-4H3,(H,25,26). The number of rotatable bonds is 11. The number of anilines is 2. The van der Waals surface area contributed by atoms with Crippen molar-refractivity contribution in [2.45, 2.75) is 18.7 Å². The van der Waals surface area contributed by atoms with Crippen molar-refractivity contribution in [3.05, 3.63) is 47.5 Å². The molecule has 0 amide bonds. The Morgan fingerprint density at radius 1 is 1.06 bits per heavy atom. The lowest BCUT2D eigenvalue weighted by Crippen LogP contribution is -2.17. The molecule has 2 rings (SSSR count). The third-order valence-corrected chi connectivity index (χ3v) is 5.69. The van der Waals surface area contributed by atoms with E-state index in [4.69, 9.17) is 19.3 Å². The van der Waals surface area contributed by atoms with Crippen LogP contribution in [0.4, 0.5) is 11.4 Å². The van der Waals surface area contributed by atoms with Crippen LogP contribution in [0.2, 0.25) is 0 Å². The fraction of sp³-hybridized carbons (Fsp3) is 0.273. The zero-order chi connectivity index (χ0) is 24.6. The molecule has 0 fully saturated rings. The first-order valence-corrected chi connectivity index (χ1v) is 11.4. The normalized spacial score (nSPS) is 11.2. The average Bonchev–Trinajstić information content (AvgIpc) is 2.78. The molecule has 3 N–H and O–H groups in total. The fourth-order valence-electron chi connectivity index (χ4n) is 2.93. The minimum absolute atomic E-state index is 0.0657. The number of carboxylic acids is 1. The summed E-state index contributed by atoms with van der Waals surface area (Å²) in [5, 5.41) is 11.9. The van der Waals surface area contributed by atoms with Gasteiger partial charge >= 0.3 is 11.9 Å². The molecule has 0 aromatic heterocycles. The van der Waals surface area contributed by atoms with Gasteiger partial charge in [-0.2, -0.15) is 0 Å². The van der Waals surface area contributed by atoms with E-state index in [9.17, 15) is 18.0 Å². The topological polar surface area (TPSA) is 140 Å². The summed E-state index contributed by atoms with van der Waals surface area (Å²) in [5.74, 6) is -1.76. The summed E-state index contributed by atoms with van der Waals surface area (Å²) in [6, 6.07) is 7.16. The van der Waals surface area contributed by atoms with E-state index in [-0.39, 0.29) is 39.8 Å². The molecule has 2 aromatic carbocycles. The van der Waals surface area contributed by atoms with Gasteiger partial charge in [0, 0.05) is 12.6 Å². The van der Waals surface area contributed by atoms with Crippen molar-refractivity contribution in [2.75, 3.05) is 37.4 Å². The number of methoxy groups -OCH3 is 2. The van der Waals surface area contributed by atoms with Crippen LogP contribution in [-0.4, -0.2) is 52.8 Å². The lowest BCUT2D eigenvalue weighted by Gasteiger charge is -2.18. The van der Waals surface area contributed by atoms with Gasteiger partial charge in [0.1, 0.15) is 4.90 Å². The Morgan fingerprint density at radius 3 is 2.36 bits per heavy atom. The van der Waals surface area contributed by atoms with Gasteiger partial charge in [-0.05, 0) is 55.8 Å². The summed E-state index contributed by atoms with van der Waals surface area (Å²) in [5.41, 5.74) is 0.999. The molecule has 0 saturated carbocycles. The maximum atomic E-state index is 13.4. The third kappa shape index (κ3) is 6.39. The smallest absolute Gasteiger partial charge is 0.338 e. The van der Waals surface area contributed by atoms with E-state index in [1.54, 1.807) is 13.0 Å². The Hall–Kier alpha value is -3.73. The third-order valence-electron chi connectivity index (χ3n) is 4.32. The first kappa shape index (κ1) is 25.5. The maximum Gasteiger partial charge on any atom is 0.338 e. The molecule has 0 aliphatic rings. The average molecular weight is 479 g/mol. The summed E-state index contributed by atoms with van der Waals surface area (Å²) in [7, 11) is -1.66. The van der Waals surface area contributed by atoms with E-state index in [0.717, 1.165) is 6.08 Å².